The quantitative estimate of drug-likeness (QED) is 0.846. The fourth-order valence-corrected chi connectivity index (χ4v) is 3.34. The molecule has 116 valence electrons. The second-order valence-electron chi connectivity index (χ2n) is 5.52. The molecule has 0 aromatic carbocycles. The molecular formula is C17H20N2O2S. The second-order valence-corrected chi connectivity index (χ2v) is 6.30. The van der Waals surface area contributed by atoms with Gasteiger partial charge in [0.25, 0.3) is 0 Å². The van der Waals surface area contributed by atoms with Crippen LogP contribution in [0.5, 0.6) is 0 Å². The van der Waals surface area contributed by atoms with Crippen molar-refractivity contribution in [3.05, 3.63) is 46.9 Å². The Labute approximate surface area is 134 Å². The maximum absolute atomic E-state index is 12.8. The topological polar surface area (TPSA) is 42.4 Å². The third kappa shape index (κ3) is 3.93. The number of carbonyl (C=O) groups excluding carboxylic acids is 1. The SMILES string of the molecule is O=C(C[C@@H]1CCCCO1)N(Cc1ccsc1)c1cccnc1. The molecule has 3 heterocycles. The molecule has 5 heteroatoms. The van der Waals surface area contributed by atoms with Gasteiger partial charge in [-0.25, -0.2) is 0 Å². The molecule has 2 aromatic heterocycles. The number of aromatic nitrogens is 1. The van der Waals surface area contributed by atoms with Crippen molar-refractivity contribution in [1.29, 1.82) is 0 Å². The molecule has 0 saturated carbocycles. The fourth-order valence-electron chi connectivity index (χ4n) is 2.68. The van der Waals surface area contributed by atoms with Gasteiger partial charge in [0.05, 0.1) is 31.0 Å². The van der Waals surface area contributed by atoms with Crippen LogP contribution >= 0.6 is 11.3 Å². The zero-order valence-corrected chi connectivity index (χ0v) is 13.3. The van der Waals surface area contributed by atoms with Gasteiger partial charge >= 0.3 is 0 Å². The van der Waals surface area contributed by atoms with Gasteiger partial charge in [0, 0.05) is 12.8 Å². The van der Waals surface area contributed by atoms with Crippen LogP contribution in [0, 0.1) is 0 Å². The molecule has 1 saturated heterocycles. The van der Waals surface area contributed by atoms with E-state index in [1.54, 1.807) is 23.7 Å². The molecule has 0 radical (unpaired) electrons. The highest BCUT2D eigenvalue weighted by molar-refractivity contribution is 7.07. The summed E-state index contributed by atoms with van der Waals surface area (Å²) in [5.41, 5.74) is 1.99. The first-order chi connectivity index (χ1) is 10.8. The Bertz CT molecular complexity index is 580. The molecular weight excluding hydrogens is 296 g/mol. The molecule has 0 bridgehead atoms. The first kappa shape index (κ1) is 15.2. The standard InChI is InChI=1S/C17H20N2O2S/c20-17(10-16-5-1-2-8-21-16)19(12-14-6-9-22-13-14)15-4-3-7-18-11-15/h3-4,6-7,9,11,13,16H,1-2,5,8,10,12H2/t16-/m0/s1. The molecule has 22 heavy (non-hydrogen) atoms. The van der Waals surface area contributed by atoms with Crippen molar-refractivity contribution < 1.29 is 9.53 Å². The fraction of sp³-hybridized carbons (Fsp3) is 0.412. The van der Waals surface area contributed by atoms with Crippen molar-refractivity contribution in [3.63, 3.8) is 0 Å². The summed E-state index contributed by atoms with van der Waals surface area (Å²) in [6.07, 6.45) is 7.20. The maximum Gasteiger partial charge on any atom is 0.229 e. The molecule has 0 unspecified atom stereocenters. The largest absolute Gasteiger partial charge is 0.378 e. The Morgan fingerprint density at radius 2 is 2.36 bits per heavy atom. The minimum atomic E-state index is 0.0582. The minimum absolute atomic E-state index is 0.0582. The lowest BCUT2D eigenvalue weighted by Crippen LogP contribution is -2.34. The van der Waals surface area contributed by atoms with E-state index >= 15 is 0 Å². The summed E-state index contributed by atoms with van der Waals surface area (Å²) in [6.45, 7) is 1.36. The van der Waals surface area contributed by atoms with Gasteiger partial charge < -0.3 is 9.64 Å². The van der Waals surface area contributed by atoms with Gasteiger partial charge in [-0.05, 0) is 53.8 Å². The van der Waals surface area contributed by atoms with Crippen LogP contribution in [-0.2, 0) is 16.1 Å². The van der Waals surface area contributed by atoms with E-state index in [-0.39, 0.29) is 12.0 Å². The summed E-state index contributed by atoms with van der Waals surface area (Å²) >= 11 is 1.65. The first-order valence-electron chi connectivity index (χ1n) is 7.66. The average molecular weight is 316 g/mol. The summed E-state index contributed by atoms with van der Waals surface area (Å²) in [5, 5.41) is 4.11. The lowest BCUT2D eigenvalue weighted by molar-refractivity contribution is -0.122. The molecule has 1 aliphatic rings. The van der Waals surface area contributed by atoms with Gasteiger partial charge in [0.15, 0.2) is 0 Å². The van der Waals surface area contributed by atoms with Crippen molar-refractivity contribution in [2.45, 2.75) is 38.3 Å². The number of rotatable bonds is 5. The summed E-state index contributed by atoms with van der Waals surface area (Å²) in [6, 6.07) is 5.85. The molecule has 0 spiro atoms. The van der Waals surface area contributed by atoms with Crippen LogP contribution in [0.4, 0.5) is 5.69 Å². The molecule has 1 amide bonds. The number of amides is 1. The van der Waals surface area contributed by atoms with Gasteiger partial charge in [-0.1, -0.05) is 0 Å². The number of thiophene rings is 1. The van der Waals surface area contributed by atoms with Crippen LogP contribution in [-0.4, -0.2) is 23.6 Å². The highest BCUT2D eigenvalue weighted by atomic mass is 32.1. The molecule has 3 rings (SSSR count). The van der Waals surface area contributed by atoms with E-state index in [2.05, 4.69) is 16.4 Å². The molecule has 1 atom stereocenters. The molecule has 0 N–H and O–H groups in total. The molecule has 1 aliphatic heterocycles. The van der Waals surface area contributed by atoms with E-state index in [1.807, 2.05) is 22.4 Å². The minimum Gasteiger partial charge on any atom is -0.378 e. The van der Waals surface area contributed by atoms with Crippen LogP contribution in [0.15, 0.2) is 41.4 Å². The van der Waals surface area contributed by atoms with E-state index in [1.165, 1.54) is 0 Å². The van der Waals surface area contributed by atoms with Crippen molar-refractivity contribution in [2.75, 3.05) is 11.5 Å². The second kappa shape index (κ2) is 7.51. The van der Waals surface area contributed by atoms with Crippen molar-refractivity contribution >= 4 is 22.9 Å². The molecule has 1 fully saturated rings. The van der Waals surface area contributed by atoms with Crippen LogP contribution in [0.25, 0.3) is 0 Å². The first-order valence-corrected chi connectivity index (χ1v) is 8.60. The maximum atomic E-state index is 12.8. The number of ether oxygens (including phenoxy) is 1. The third-order valence-electron chi connectivity index (χ3n) is 3.86. The molecule has 2 aromatic rings. The highest BCUT2D eigenvalue weighted by Gasteiger charge is 2.23. The lowest BCUT2D eigenvalue weighted by atomic mass is 10.1. The zero-order chi connectivity index (χ0) is 15.2. The van der Waals surface area contributed by atoms with Crippen LogP contribution in [0.1, 0.15) is 31.2 Å². The monoisotopic (exact) mass is 316 g/mol. The predicted octanol–water partition coefficient (Wildman–Crippen LogP) is 3.64. The van der Waals surface area contributed by atoms with E-state index in [0.717, 1.165) is 37.1 Å². The average Bonchev–Trinajstić information content (AvgIpc) is 3.07. The van der Waals surface area contributed by atoms with Gasteiger partial charge in [-0.2, -0.15) is 11.3 Å². The van der Waals surface area contributed by atoms with Crippen LogP contribution in [0.2, 0.25) is 0 Å². The number of nitrogens with zero attached hydrogens (tertiary/aromatic N) is 2. The van der Waals surface area contributed by atoms with E-state index in [9.17, 15) is 4.79 Å². The molecule has 4 nitrogen and oxygen atoms in total. The summed E-state index contributed by atoms with van der Waals surface area (Å²) < 4.78 is 5.71. The highest BCUT2D eigenvalue weighted by Crippen LogP contribution is 2.22. The Balaban J connectivity index is 1.73. The third-order valence-corrected chi connectivity index (χ3v) is 4.59. The number of pyridine rings is 1. The van der Waals surface area contributed by atoms with Crippen molar-refractivity contribution in [1.82, 2.24) is 4.98 Å². The van der Waals surface area contributed by atoms with Crippen molar-refractivity contribution in [3.8, 4) is 0 Å². The Kier molecular flexibility index (Phi) is 5.19. The predicted molar refractivity (Wildman–Crippen MR) is 88.0 cm³/mol. The van der Waals surface area contributed by atoms with E-state index in [0.29, 0.717) is 13.0 Å². The van der Waals surface area contributed by atoms with E-state index in [4.69, 9.17) is 4.74 Å². The van der Waals surface area contributed by atoms with E-state index < -0.39 is 0 Å². The van der Waals surface area contributed by atoms with Gasteiger partial charge in [0.1, 0.15) is 0 Å². The van der Waals surface area contributed by atoms with Gasteiger partial charge in [0.2, 0.25) is 5.91 Å². The molecule has 0 aliphatic carbocycles. The zero-order valence-electron chi connectivity index (χ0n) is 12.5. The number of carbonyl (C=O) groups is 1. The number of hydrogen-bond donors (Lipinski definition) is 0. The van der Waals surface area contributed by atoms with Crippen LogP contribution in [0.3, 0.4) is 0 Å². The Morgan fingerprint density at radius 3 is 3.05 bits per heavy atom. The number of hydrogen-bond acceptors (Lipinski definition) is 4. The normalized spacial score (nSPS) is 18.1. The Hall–Kier alpha value is -1.72. The summed E-state index contributed by atoms with van der Waals surface area (Å²) in [4.78, 5) is 18.7. The van der Waals surface area contributed by atoms with Gasteiger partial charge in [-0.3, -0.25) is 9.78 Å². The van der Waals surface area contributed by atoms with Crippen molar-refractivity contribution in [2.24, 2.45) is 0 Å². The lowest BCUT2D eigenvalue weighted by Gasteiger charge is -2.27. The number of anilines is 1. The summed E-state index contributed by atoms with van der Waals surface area (Å²) in [7, 11) is 0. The van der Waals surface area contributed by atoms with Crippen LogP contribution < -0.4 is 4.90 Å². The smallest absolute Gasteiger partial charge is 0.229 e. The Morgan fingerprint density at radius 1 is 1.41 bits per heavy atom. The van der Waals surface area contributed by atoms with Gasteiger partial charge in [-0.15, -0.1) is 0 Å². The summed E-state index contributed by atoms with van der Waals surface area (Å²) in [5.74, 6) is 0.103.